The first-order chi connectivity index (χ1) is 4.68. The van der Waals surface area contributed by atoms with E-state index in [0.717, 1.165) is 13.1 Å². The minimum Gasteiger partial charge on any atom is -0.329 e. The Morgan fingerprint density at radius 2 is 2.00 bits per heavy atom. The van der Waals surface area contributed by atoms with Crippen molar-refractivity contribution in [3.8, 4) is 0 Å². The molecule has 3 nitrogen and oxygen atoms in total. The second kappa shape index (κ2) is 5.65. The van der Waals surface area contributed by atoms with Gasteiger partial charge < -0.3 is 16.8 Å². The molecule has 1 atom stereocenters. The number of hydrogen-bond acceptors (Lipinski definition) is 3. The van der Waals surface area contributed by atoms with Crippen LogP contribution < -0.4 is 16.8 Å². The summed E-state index contributed by atoms with van der Waals surface area (Å²) < 4.78 is 0. The second-order valence-electron chi connectivity index (χ2n) is 2.90. The molecule has 10 heavy (non-hydrogen) atoms. The Bertz CT molecular complexity index is 73.3. The van der Waals surface area contributed by atoms with Gasteiger partial charge in [-0.1, -0.05) is 13.8 Å². The lowest BCUT2D eigenvalue weighted by Crippen LogP contribution is -2.39. The van der Waals surface area contributed by atoms with E-state index in [-0.39, 0.29) is 6.04 Å². The summed E-state index contributed by atoms with van der Waals surface area (Å²) in [5.41, 5.74) is 11.0. The third-order valence-electron chi connectivity index (χ3n) is 1.56. The van der Waals surface area contributed by atoms with Crippen molar-refractivity contribution in [3.63, 3.8) is 0 Å². The van der Waals surface area contributed by atoms with Gasteiger partial charge in [0.25, 0.3) is 0 Å². The Hall–Kier alpha value is -0.120. The van der Waals surface area contributed by atoms with Gasteiger partial charge in [-0.3, -0.25) is 0 Å². The van der Waals surface area contributed by atoms with Crippen molar-refractivity contribution >= 4 is 0 Å². The van der Waals surface area contributed by atoms with Crippen molar-refractivity contribution < 1.29 is 0 Å². The van der Waals surface area contributed by atoms with Crippen LogP contribution in [0.3, 0.4) is 0 Å². The lowest BCUT2D eigenvalue weighted by Gasteiger charge is -2.15. The Morgan fingerprint density at radius 1 is 1.40 bits per heavy atom. The van der Waals surface area contributed by atoms with Crippen LogP contribution in [-0.2, 0) is 0 Å². The predicted molar refractivity (Wildman–Crippen MR) is 44.7 cm³/mol. The van der Waals surface area contributed by atoms with Gasteiger partial charge >= 0.3 is 0 Å². The van der Waals surface area contributed by atoms with Gasteiger partial charge in [-0.05, 0) is 5.92 Å². The van der Waals surface area contributed by atoms with Crippen LogP contribution in [0.4, 0.5) is 0 Å². The van der Waals surface area contributed by atoms with Gasteiger partial charge in [0.15, 0.2) is 0 Å². The van der Waals surface area contributed by atoms with Gasteiger partial charge in [-0.25, -0.2) is 0 Å². The molecule has 0 spiro atoms. The predicted octanol–water partition coefficient (Wildman–Crippen LogP) is -0.482. The van der Waals surface area contributed by atoms with Crippen LogP contribution in [-0.4, -0.2) is 25.7 Å². The van der Waals surface area contributed by atoms with Crippen molar-refractivity contribution in [2.75, 3.05) is 19.6 Å². The molecular weight excluding hydrogens is 126 g/mol. The van der Waals surface area contributed by atoms with E-state index in [9.17, 15) is 0 Å². The molecule has 5 N–H and O–H groups in total. The molecule has 1 unspecified atom stereocenters. The van der Waals surface area contributed by atoms with E-state index >= 15 is 0 Å². The largest absolute Gasteiger partial charge is 0.329 e. The monoisotopic (exact) mass is 145 g/mol. The highest BCUT2D eigenvalue weighted by molar-refractivity contribution is 4.67. The summed E-state index contributed by atoms with van der Waals surface area (Å²) in [6.07, 6.45) is 0. The standard InChI is InChI=1S/C7H19N3/c1-6(2)7(9)5-10-4-3-8/h6-7,10H,3-5,8-9H2,1-2H3. The number of rotatable bonds is 5. The first-order valence-electron chi connectivity index (χ1n) is 3.84. The lowest BCUT2D eigenvalue weighted by molar-refractivity contribution is 0.461. The molecule has 0 saturated heterocycles. The molecule has 0 bridgehead atoms. The zero-order chi connectivity index (χ0) is 7.98. The molecular formula is C7H19N3. The average molecular weight is 145 g/mol. The molecule has 0 aliphatic heterocycles. The molecule has 0 aliphatic carbocycles. The zero-order valence-corrected chi connectivity index (χ0v) is 6.93. The van der Waals surface area contributed by atoms with Crippen LogP contribution in [0.5, 0.6) is 0 Å². The van der Waals surface area contributed by atoms with Gasteiger partial charge in [0, 0.05) is 25.7 Å². The van der Waals surface area contributed by atoms with Crippen LogP contribution in [0, 0.1) is 5.92 Å². The maximum Gasteiger partial charge on any atom is 0.0188 e. The molecule has 0 aliphatic rings. The van der Waals surface area contributed by atoms with E-state index in [0.29, 0.717) is 12.5 Å². The van der Waals surface area contributed by atoms with Crippen LogP contribution in [0.1, 0.15) is 13.8 Å². The number of hydrogen-bond donors (Lipinski definition) is 3. The molecule has 0 amide bonds. The first kappa shape index (κ1) is 9.88. The van der Waals surface area contributed by atoms with E-state index in [1.807, 2.05) is 0 Å². The molecule has 0 aromatic heterocycles. The summed E-state index contributed by atoms with van der Waals surface area (Å²) >= 11 is 0. The van der Waals surface area contributed by atoms with E-state index in [1.54, 1.807) is 0 Å². The van der Waals surface area contributed by atoms with Crippen molar-refractivity contribution in [2.24, 2.45) is 17.4 Å². The summed E-state index contributed by atoms with van der Waals surface area (Å²) in [6.45, 7) is 6.66. The second-order valence-corrected chi connectivity index (χ2v) is 2.90. The highest BCUT2D eigenvalue weighted by Gasteiger charge is 2.04. The van der Waals surface area contributed by atoms with Crippen LogP contribution in [0.2, 0.25) is 0 Å². The third kappa shape index (κ3) is 4.73. The summed E-state index contributed by atoms with van der Waals surface area (Å²) in [6, 6.07) is 0.256. The quantitative estimate of drug-likeness (QED) is 0.458. The smallest absolute Gasteiger partial charge is 0.0188 e. The minimum atomic E-state index is 0.256. The topological polar surface area (TPSA) is 64.1 Å². The van der Waals surface area contributed by atoms with Gasteiger partial charge in [0.2, 0.25) is 0 Å². The summed E-state index contributed by atoms with van der Waals surface area (Å²) in [5.74, 6) is 0.547. The van der Waals surface area contributed by atoms with Gasteiger partial charge in [-0.2, -0.15) is 0 Å². The van der Waals surface area contributed by atoms with E-state index in [2.05, 4.69) is 19.2 Å². The van der Waals surface area contributed by atoms with Crippen LogP contribution >= 0.6 is 0 Å². The molecule has 0 radical (unpaired) electrons. The average Bonchev–Trinajstić information content (AvgIpc) is 1.88. The summed E-state index contributed by atoms with van der Waals surface area (Å²) in [5, 5.41) is 3.17. The fourth-order valence-corrected chi connectivity index (χ4v) is 0.606. The summed E-state index contributed by atoms with van der Waals surface area (Å²) in [4.78, 5) is 0. The molecule has 0 rings (SSSR count). The number of nitrogens with one attached hydrogen (secondary N) is 1. The Balaban J connectivity index is 3.13. The fraction of sp³-hybridized carbons (Fsp3) is 1.00. The molecule has 0 aromatic carbocycles. The summed E-state index contributed by atoms with van der Waals surface area (Å²) in [7, 11) is 0. The SMILES string of the molecule is CC(C)C(N)CNCCN. The van der Waals surface area contributed by atoms with Crippen LogP contribution in [0.15, 0.2) is 0 Å². The Morgan fingerprint density at radius 3 is 2.40 bits per heavy atom. The molecule has 0 heterocycles. The molecule has 62 valence electrons. The first-order valence-corrected chi connectivity index (χ1v) is 3.84. The van der Waals surface area contributed by atoms with E-state index in [4.69, 9.17) is 11.5 Å². The van der Waals surface area contributed by atoms with Crippen molar-refractivity contribution in [1.29, 1.82) is 0 Å². The Labute approximate surface area is 63.2 Å². The molecule has 3 heteroatoms. The molecule has 0 saturated carbocycles. The highest BCUT2D eigenvalue weighted by atomic mass is 14.9. The van der Waals surface area contributed by atoms with Crippen molar-refractivity contribution in [1.82, 2.24) is 5.32 Å². The lowest BCUT2D eigenvalue weighted by atomic mass is 10.1. The maximum atomic E-state index is 5.75. The zero-order valence-electron chi connectivity index (χ0n) is 6.93. The normalized spacial score (nSPS) is 14.1. The van der Waals surface area contributed by atoms with E-state index in [1.165, 1.54) is 0 Å². The van der Waals surface area contributed by atoms with Gasteiger partial charge in [0.1, 0.15) is 0 Å². The van der Waals surface area contributed by atoms with Gasteiger partial charge in [-0.15, -0.1) is 0 Å². The van der Waals surface area contributed by atoms with E-state index < -0.39 is 0 Å². The van der Waals surface area contributed by atoms with Crippen LogP contribution in [0.25, 0.3) is 0 Å². The van der Waals surface area contributed by atoms with Crippen molar-refractivity contribution in [3.05, 3.63) is 0 Å². The highest BCUT2D eigenvalue weighted by Crippen LogP contribution is 1.95. The number of nitrogens with two attached hydrogens (primary N) is 2. The minimum absolute atomic E-state index is 0.256. The molecule has 0 aromatic rings. The van der Waals surface area contributed by atoms with Gasteiger partial charge in [0.05, 0.1) is 0 Å². The third-order valence-corrected chi connectivity index (χ3v) is 1.56. The Kier molecular flexibility index (Phi) is 5.58. The fourth-order valence-electron chi connectivity index (χ4n) is 0.606. The molecule has 0 fully saturated rings. The maximum absolute atomic E-state index is 5.75. The van der Waals surface area contributed by atoms with Crippen molar-refractivity contribution in [2.45, 2.75) is 19.9 Å².